The number of hydrogen-bond donors (Lipinski definition) is 0. The highest BCUT2D eigenvalue weighted by Gasteiger charge is 2.44. The third-order valence-electron chi connectivity index (χ3n) is 5.86. The predicted molar refractivity (Wildman–Crippen MR) is 121 cm³/mol. The number of imidazole rings is 1. The van der Waals surface area contributed by atoms with Gasteiger partial charge in [-0.1, -0.05) is 12.1 Å². The van der Waals surface area contributed by atoms with E-state index in [1.807, 2.05) is 80.9 Å². The molecule has 0 radical (unpaired) electrons. The van der Waals surface area contributed by atoms with E-state index >= 15 is 0 Å². The van der Waals surface area contributed by atoms with E-state index in [0.29, 0.717) is 0 Å². The molecule has 1 aliphatic rings. The fraction of sp³-hybridized carbons (Fsp3) is 0.200. The van der Waals surface area contributed by atoms with Gasteiger partial charge in [-0.2, -0.15) is 0 Å². The molecule has 0 fully saturated rings. The summed E-state index contributed by atoms with van der Waals surface area (Å²) in [4.78, 5) is 28.3. The molecule has 0 aliphatic carbocycles. The SMILES string of the molecule is Cc1ccc(N2C(=O)C(C)(C)c3ccc(-c4cn(-c5ccnc(C)c5)cn4)cc32)cn1. The van der Waals surface area contributed by atoms with Crippen LogP contribution in [0.2, 0.25) is 0 Å². The summed E-state index contributed by atoms with van der Waals surface area (Å²) >= 11 is 0. The molecule has 0 unspecified atom stereocenters. The first kappa shape index (κ1) is 19.2. The van der Waals surface area contributed by atoms with Crippen LogP contribution in [-0.4, -0.2) is 25.4 Å². The Balaban J connectivity index is 1.59. The van der Waals surface area contributed by atoms with Gasteiger partial charge in [0.15, 0.2) is 0 Å². The molecule has 0 N–H and O–H groups in total. The van der Waals surface area contributed by atoms with Crippen LogP contribution in [0.15, 0.2) is 67.4 Å². The Bertz CT molecular complexity index is 1300. The molecule has 0 saturated heterocycles. The van der Waals surface area contributed by atoms with E-state index in [0.717, 1.165) is 45.3 Å². The highest BCUT2D eigenvalue weighted by atomic mass is 16.2. The average molecular weight is 409 g/mol. The molecule has 0 bridgehead atoms. The van der Waals surface area contributed by atoms with Crippen LogP contribution in [0, 0.1) is 13.8 Å². The number of carbonyl (C=O) groups excluding carboxylic acids is 1. The number of anilines is 2. The molecule has 6 heteroatoms. The van der Waals surface area contributed by atoms with Gasteiger partial charge in [0.2, 0.25) is 5.91 Å². The Morgan fingerprint density at radius 1 is 0.871 bits per heavy atom. The summed E-state index contributed by atoms with van der Waals surface area (Å²) in [5.74, 6) is 0.0445. The van der Waals surface area contributed by atoms with Crippen LogP contribution in [-0.2, 0) is 10.2 Å². The number of fused-ring (bicyclic) bond motifs is 1. The van der Waals surface area contributed by atoms with E-state index in [4.69, 9.17) is 0 Å². The standard InChI is InChI=1S/C25H23N5O/c1-16-5-7-20(13-27-16)30-23-12-18(6-8-21(23)25(3,4)24(30)31)22-14-29(15-28-22)19-9-10-26-17(2)11-19/h5-15H,1-4H3. The molecule has 0 saturated carbocycles. The minimum Gasteiger partial charge on any atom is -0.306 e. The smallest absolute Gasteiger partial charge is 0.241 e. The van der Waals surface area contributed by atoms with Gasteiger partial charge in [-0.3, -0.25) is 19.7 Å². The van der Waals surface area contributed by atoms with Gasteiger partial charge in [0.25, 0.3) is 0 Å². The zero-order valence-corrected chi connectivity index (χ0v) is 18.0. The van der Waals surface area contributed by atoms with E-state index in [2.05, 4.69) is 15.0 Å². The van der Waals surface area contributed by atoms with Crippen molar-refractivity contribution in [2.24, 2.45) is 0 Å². The molecule has 154 valence electrons. The van der Waals surface area contributed by atoms with E-state index in [1.54, 1.807) is 23.6 Å². The molecule has 31 heavy (non-hydrogen) atoms. The Morgan fingerprint density at radius 2 is 1.71 bits per heavy atom. The summed E-state index contributed by atoms with van der Waals surface area (Å²) in [5, 5.41) is 0. The number of aryl methyl sites for hydroxylation is 2. The second-order valence-corrected chi connectivity index (χ2v) is 8.48. The van der Waals surface area contributed by atoms with E-state index < -0.39 is 5.41 Å². The molecule has 1 aliphatic heterocycles. The third kappa shape index (κ3) is 3.11. The Kier molecular flexibility index (Phi) is 4.25. The number of amides is 1. The van der Waals surface area contributed by atoms with Crippen molar-refractivity contribution in [2.45, 2.75) is 33.1 Å². The Morgan fingerprint density at radius 3 is 2.45 bits per heavy atom. The summed E-state index contributed by atoms with van der Waals surface area (Å²) in [5.41, 5.74) is 6.74. The van der Waals surface area contributed by atoms with Gasteiger partial charge in [0, 0.05) is 35.0 Å². The monoisotopic (exact) mass is 409 g/mol. The van der Waals surface area contributed by atoms with E-state index in [9.17, 15) is 4.79 Å². The molecule has 1 aromatic carbocycles. The van der Waals surface area contributed by atoms with Crippen molar-refractivity contribution < 1.29 is 4.79 Å². The third-order valence-corrected chi connectivity index (χ3v) is 5.86. The van der Waals surface area contributed by atoms with Crippen molar-refractivity contribution in [3.8, 4) is 16.9 Å². The summed E-state index contributed by atoms with van der Waals surface area (Å²) in [6.45, 7) is 7.84. The molecule has 6 nitrogen and oxygen atoms in total. The van der Waals surface area contributed by atoms with Crippen LogP contribution in [0.4, 0.5) is 11.4 Å². The normalized spacial score (nSPS) is 14.7. The van der Waals surface area contributed by atoms with Gasteiger partial charge in [-0.15, -0.1) is 0 Å². The topological polar surface area (TPSA) is 63.9 Å². The number of hydrogen-bond acceptors (Lipinski definition) is 4. The summed E-state index contributed by atoms with van der Waals surface area (Å²) in [6.07, 6.45) is 7.34. The molecular weight excluding hydrogens is 386 g/mol. The fourth-order valence-corrected chi connectivity index (χ4v) is 4.06. The largest absolute Gasteiger partial charge is 0.306 e. The molecule has 0 spiro atoms. The minimum atomic E-state index is -0.604. The van der Waals surface area contributed by atoms with Crippen LogP contribution >= 0.6 is 0 Å². The number of pyridine rings is 2. The molecule has 4 aromatic rings. The van der Waals surface area contributed by atoms with Gasteiger partial charge in [-0.05, 0) is 63.6 Å². The lowest BCUT2D eigenvalue weighted by molar-refractivity contribution is -0.121. The summed E-state index contributed by atoms with van der Waals surface area (Å²) < 4.78 is 1.98. The van der Waals surface area contributed by atoms with Crippen LogP contribution in [0.1, 0.15) is 30.8 Å². The Hall–Kier alpha value is -3.80. The van der Waals surface area contributed by atoms with Crippen molar-refractivity contribution >= 4 is 17.3 Å². The number of nitrogens with zero attached hydrogens (tertiary/aromatic N) is 5. The maximum atomic E-state index is 13.3. The summed E-state index contributed by atoms with van der Waals surface area (Å²) in [7, 11) is 0. The van der Waals surface area contributed by atoms with Crippen LogP contribution in [0.3, 0.4) is 0 Å². The highest BCUT2D eigenvalue weighted by Crippen LogP contribution is 2.46. The van der Waals surface area contributed by atoms with Crippen molar-refractivity contribution in [1.82, 2.24) is 19.5 Å². The number of aromatic nitrogens is 4. The number of carbonyl (C=O) groups is 1. The number of rotatable bonds is 3. The highest BCUT2D eigenvalue weighted by molar-refractivity contribution is 6.12. The predicted octanol–water partition coefficient (Wildman–Crippen LogP) is 4.90. The molecule has 3 aromatic heterocycles. The molecule has 1 amide bonds. The van der Waals surface area contributed by atoms with Crippen molar-refractivity contribution in [3.05, 3.63) is 84.3 Å². The maximum absolute atomic E-state index is 13.3. The fourth-order valence-electron chi connectivity index (χ4n) is 4.06. The zero-order chi connectivity index (χ0) is 21.8. The lowest BCUT2D eigenvalue weighted by Crippen LogP contribution is -2.33. The van der Waals surface area contributed by atoms with Crippen LogP contribution in [0.5, 0.6) is 0 Å². The van der Waals surface area contributed by atoms with Gasteiger partial charge >= 0.3 is 0 Å². The van der Waals surface area contributed by atoms with Crippen molar-refractivity contribution in [2.75, 3.05) is 4.90 Å². The lowest BCUT2D eigenvalue weighted by Gasteiger charge is -2.20. The number of benzene rings is 1. The molecular formula is C25H23N5O. The zero-order valence-electron chi connectivity index (χ0n) is 18.0. The van der Waals surface area contributed by atoms with Gasteiger partial charge in [0.1, 0.15) is 0 Å². The summed E-state index contributed by atoms with van der Waals surface area (Å²) in [6, 6.07) is 14.0. The lowest BCUT2D eigenvalue weighted by atomic mass is 9.86. The first-order chi connectivity index (χ1) is 14.8. The maximum Gasteiger partial charge on any atom is 0.241 e. The van der Waals surface area contributed by atoms with Crippen LogP contribution < -0.4 is 4.90 Å². The van der Waals surface area contributed by atoms with E-state index in [-0.39, 0.29) is 5.91 Å². The quantitative estimate of drug-likeness (QED) is 0.483. The molecule has 0 atom stereocenters. The van der Waals surface area contributed by atoms with Crippen molar-refractivity contribution in [3.63, 3.8) is 0 Å². The van der Waals surface area contributed by atoms with E-state index in [1.165, 1.54) is 0 Å². The second-order valence-electron chi connectivity index (χ2n) is 8.48. The van der Waals surface area contributed by atoms with Crippen molar-refractivity contribution in [1.29, 1.82) is 0 Å². The second kappa shape index (κ2) is 6.87. The van der Waals surface area contributed by atoms with Gasteiger partial charge in [0.05, 0.1) is 35.0 Å². The van der Waals surface area contributed by atoms with Crippen LogP contribution in [0.25, 0.3) is 16.9 Å². The first-order valence-electron chi connectivity index (χ1n) is 10.2. The molecule has 5 rings (SSSR count). The minimum absolute atomic E-state index is 0.0445. The first-order valence-corrected chi connectivity index (χ1v) is 10.2. The van der Waals surface area contributed by atoms with Gasteiger partial charge < -0.3 is 4.57 Å². The van der Waals surface area contributed by atoms with Gasteiger partial charge in [-0.25, -0.2) is 4.98 Å². The average Bonchev–Trinajstić information content (AvgIpc) is 3.32. The molecule has 4 heterocycles. The Labute approximate surface area is 181 Å².